The highest BCUT2D eigenvalue weighted by atomic mass is 16.5. The van der Waals surface area contributed by atoms with Crippen molar-refractivity contribution in [2.24, 2.45) is 7.05 Å². The highest BCUT2D eigenvalue weighted by Gasteiger charge is 2.07. The molecule has 0 atom stereocenters. The first kappa shape index (κ1) is 10.1. The maximum absolute atomic E-state index is 5.81. The van der Waals surface area contributed by atoms with Crippen LogP contribution in [0.25, 0.3) is 10.9 Å². The third-order valence-electron chi connectivity index (χ3n) is 2.47. The number of aromatic nitrogens is 1. The standard InChI is InChI=1S/C13H17NO/c1-9(2)15-13-8-10(3)7-12-11(13)5-6-14(12)4/h5-9H,1-4H3. The molecule has 1 aromatic heterocycles. The molecule has 80 valence electrons. The number of ether oxygens (including phenoxy) is 1. The van der Waals surface area contributed by atoms with Crippen LogP contribution in [0.15, 0.2) is 24.4 Å². The number of hydrogen-bond donors (Lipinski definition) is 0. The molecule has 0 unspecified atom stereocenters. The maximum atomic E-state index is 5.81. The lowest BCUT2D eigenvalue weighted by atomic mass is 10.1. The highest BCUT2D eigenvalue weighted by molar-refractivity contribution is 5.87. The Bertz CT molecular complexity index is 482. The molecule has 0 aliphatic rings. The highest BCUT2D eigenvalue weighted by Crippen LogP contribution is 2.28. The zero-order valence-electron chi connectivity index (χ0n) is 9.74. The van der Waals surface area contributed by atoms with Gasteiger partial charge in [-0.15, -0.1) is 0 Å². The van der Waals surface area contributed by atoms with Crippen molar-refractivity contribution in [2.75, 3.05) is 0 Å². The Balaban J connectivity index is 2.61. The summed E-state index contributed by atoms with van der Waals surface area (Å²) in [5.41, 5.74) is 2.46. The van der Waals surface area contributed by atoms with E-state index in [9.17, 15) is 0 Å². The molecule has 2 heteroatoms. The molecule has 0 N–H and O–H groups in total. The van der Waals surface area contributed by atoms with Crippen LogP contribution in [-0.4, -0.2) is 10.7 Å². The van der Waals surface area contributed by atoms with Crippen molar-refractivity contribution in [2.45, 2.75) is 26.9 Å². The van der Waals surface area contributed by atoms with Gasteiger partial charge in [0, 0.05) is 18.6 Å². The van der Waals surface area contributed by atoms with Crippen molar-refractivity contribution < 1.29 is 4.74 Å². The van der Waals surface area contributed by atoms with Gasteiger partial charge in [0.1, 0.15) is 5.75 Å². The summed E-state index contributed by atoms with van der Waals surface area (Å²) in [5.74, 6) is 0.987. The Kier molecular flexibility index (Phi) is 2.43. The van der Waals surface area contributed by atoms with Gasteiger partial charge in [-0.25, -0.2) is 0 Å². The topological polar surface area (TPSA) is 14.2 Å². The Morgan fingerprint density at radius 1 is 1.27 bits per heavy atom. The normalized spacial score (nSPS) is 11.3. The van der Waals surface area contributed by atoms with Crippen LogP contribution in [0.4, 0.5) is 0 Å². The van der Waals surface area contributed by atoms with E-state index in [0.717, 1.165) is 5.75 Å². The molecule has 0 saturated heterocycles. The van der Waals surface area contributed by atoms with Crippen molar-refractivity contribution in [1.82, 2.24) is 4.57 Å². The molecule has 0 bridgehead atoms. The lowest BCUT2D eigenvalue weighted by molar-refractivity contribution is 0.245. The van der Waals surface area contributed by atoms with Crippen molar-refractivity contribution in [3.05, 3.63) is 30.0 Å². The zero-order chi connectivity index (χ0) is 11.0. The van der Waals surface area contributed by atoms with E-state index in [4.69, 9.17) is 4.74 Å². The summed E-state index contributed by atoms with van der Waals surface area (Å²) in [6, 6.07) is 6.39. The average Bonchev–Trinajstić information content (AvgIpc) is 2.47. The van der Waals surface area contributed by atoms with Crippen LogP contribution in [0.2, 0.25) is 0 Å². The number of rotatable bonds is 2. The molecule has 1 aromatic carbocycles. The molecule has 0 fully saturated rings. The molecule has 15 heavy (non-hydrogen) atoms. The summed E-state index contributed by atoms with van der Waals surface area (Å²) in [6.45, 7) is 6.20. The van der Waals surface area contributed by atoms with E-state index in [1.54, 1.807) is 0 Å². The first-order valence-corrected chi connectivity index (χ1v) is 5.30. The third-order valence-corrected chi connectivity index (χ3v) is 2.47. The second kappa shape index (κ2) is 3.61. The lowest BCUT2D eigenvalue weighted by Crippen LogP contribution is -2.05. The van der Waals surface area contributed by atoms with E-state index >= 15 is 0 Å². The second-order valence-corrected chi connectivity index (χ2v) is 4.29. The predicted molar refractivity (Wildman–Crippen MR) is 63.4 cm³/mol. The number of benzene rings is 1. The van der Waals surface area contributed by atoms with E-state index in [2.05, 4.69) is 56.8 Å². The molecule has 0 spiro atoms. The quantitative estimate of drug-likeness (QED) is 0.730. The van der Waals surface area contributed by atoms with Gasteiger partial charge in [0.2, 0.25) is 0 Å². The Morgan fingerprint density at radius 2 is 2.00 bits per heavy atom. The fourth-order valence-corrected chi connectivity index (χ4v) is 1.82. The van der Waals surface area contributed by atoms with Gasteiger partial charge < -0.3 is 9.30 Å². The molecule has 0 aliphatic carbocycles. The molecule has 0 amide bonds. The zero-order valence-corrected chi connectivity index (χ0v) is 9.74. The minimum absolute atomic E-state index is 0.218. The van der Waals surface area contributed by atoms with Crippen LogP contribution in [-0.2, 0) is 7.05 Å². The Hall–Kier alpha value is -1.44. The van der Waals surface area contributed by atoms with Crippen molar-refractivity contribution in [1.29, 1.82) is 0 Å². The average molecular weight is 203 g/mol. The minimum atomic E-state index is 0.218. The van der Waals surface area contributed by atoms with Crippen molar-refractivity contribution in [3.63, 3.8) is 0 Å². The van der Waals surface area contributed by atoms with Gasteiger partial charge in [0.25, 0.3) is 0 Å². The molecular formula is C13H17NO. The fourth-order valence-electron chi connectivity index (χ4n) is 1.82. The molecule has 2 aromatic rings. The molecule has 0 radical (unpaired) electrons. The summed E-state index contributed by atoms with van der Waals surface area (Å²) in [5, 5.41) is 1.19. The Labute approximate surface area is 90.5 Å². The summed E-state index contributed by atoms with van der Waals surface area (Å²) >= 11 is 0. The first-order valence-electron chi connectivity index (χ1n) is 5.30. The molecule has 2 rings (SSSR count). The van der Waals surface area contributed by atoms with Crippen molar-refractivity contribution >= 4 is 10.9 Å². The van der Waals surface area contributed by atoms with Gasteiger partial charge in [0.05, 0.1) is 11.6 Å². The number of hydrogen-bond acceptors (Lipinski definition) is 1. The molecule has 1 heterocycles. The van der Waals surface area contributed by atoms with Gasteiger partial charge in [-0.1, -0.05) is 0 Å². The van der Waals surface area contributed by atoms with Crippen LogP contribution < -0.4 is 4.74 Å². The largest absolute Gasteiger partial charge is 0.490 e. The monoisotopic (exact) mass is 203 g/mol. The van der Waals surface area contributed by atoms with Crippen LogP contribution >= 0.6 is 0 Å². The predicted octanol–water partition coefficient (Wildman–Crippen LogP) is 3.27. The molecule has 0 saturated carbocycles. The number of fused-ring (bicyclic) bond motifs is 1. The van der Waals surface area contributed by atoms with Gasteiger partial charge in [-0.3, -0.25) is 0 Å². The summed E-state index contributed by atoms with van der Waals surface area (Å²) < 4.78 is 7.93. The number of nitrogens with zero attached hydrogens (tertiary/aromatic N) is 1. The van der Waals surface area contributed by atoms with Gasteiger partial charge >= 0.3 is 0 Å². The summed E-state index contributed by atoms with van der Waals surface area (Å²) in [6.07, 6.45) is 2.28. The summed E-state index contributed by atoms with van der Waals surface area (Å²) in [4.78, 5) is 0. The van der Waals surface area contributed by atoms with E-state index in [-0.39, 0.29) is 6.10 Å². The second-order valence-electron chi connectivity index (χ2n) is 4.29. The Morgan fingerprint density at radius 3 is 2.67 bits per heavy atom. The number of aryl methyl sites for hydroxylation is 2. The van der Waals surface area contributed by atoms with E-state index in [0.29, 0.717) is 0 Å². The van der Waals surface area contributed by atoms with Gasteiger partial charge in [0.15, 0.2) is 0 Å². The fraction of sp³-hybridized carbons (Fsp3) is 0.385. The summed E-state index contributed by atoms with van der Waals surface area (Å²) in [7, 11) is 2.06. The van der Waals surface area contributed by atoms with Crippen LogP contribution in [0.3, 0.4) is 0 Å². The van der Waals surface area contributed by atoms with Crippen LogP contribution in [0.5, 0.6) is 5.75 Å². The lowest BCUT2D eigenvalue weighted by Gasteiger charge is -2.12. The van der Waals surface area contributed by atoms with E-state index in [1.165, 1.54) is 16.5 Å². The molecular weight excluding hydrogens is 186 g/mol. The molecule has 2 nitrogen and oxygen atoms in total. The van der Waals surface area contributed by atoms with E-state index in [1.807, 2.05) is 0 Å². The van der Waals surface area contributed by atoms with Crippen LogP contribution in [0, 0.1) is 6.92 Å². The molecule has 0 aliphatic heterocycles. The van der Waals surface area contributed by atoms with Crippen LogP contribution in [0.1, 0.15) is 19.4 Å². The van der Waals surface area contributed by atoms with Crippen molar-refractivity contribution in [3.8, 4) is 5.75 Å². The smallest absolute Gasteiger partial charge is 0.129 e. The van der Waals surface area contributed by atoms with Gasteiger partial charge in [-0.05, 0) is 44.5 Å². The maximum Gasteiger partial charge on any atom is 0.129 e. The SMILES string of the molecule is Cc1cc(OC(C)C)c2ccn(C)c2c1. The minimum Gasteiger partial charge on any atom is -0.490 e. The van der Waals surface area contributed by atoms with Gasteiger partial charge in [-0.2, -0.15) is 0 Å². The third kappa shape index (κ3) is 1.84. The van der Waals surface area contributed by atoms with E-state index < -0.39 is 0 Å². The first-order chi connectivity index (χ1) is 7.08.